The van der Waals surface area contributed by atoms with Crippen LogP contribution in [0, 0.1) is 5.82 Å². The number of anilines is 1. The van der Waals surface area contributed by atoms with Crippen molar-refractivity contribution in [2.75, 3.05) is 44.6 Å². The lowest BCUT2D eigenvalue weighted by molar-refractivity contribution is -0.116. The van der Waals surface area contributed by atoms with E-state index in [2.05, 4.69) is 17.1 Å². The molecule has 2 aromatic carbocycles. The Morgan fingerprint density at radius 3 is 2.27 bits per heavy atom. The Morgan fingerprint density at radius 2 is 1.67 bits per heavy atom. The lowest BCUT2D eigenvalue weighted by atomic mass is 10.3. The molecule has 1 aliphatic rings. The third-order valence-corrected chi connectivity index (χ3v) is 6.88. The third-order valence-electron chi connectivity index (χ3n) is 4.97. The molecule has 162 valence electrons. The van der Waals surface area contributed by atoms with Crippen LogP contribution in [-0.2, 0) is 14.8 Å². The highest BCUT2D eigenvalue weighted by Gasteiger charge is 2.27. The lowest BCUT2D eigenvalue weighted by Crippen LogP contribution is -2.48. The summed E-state index contributed by atoms with van der Waals surface area (Å²) in [7, 11) is -3.54. The molecule has 30 heavy (non-hydrogen) atoms. The van der Waals surface area contributed by atoms with Crippen LogP contribution in [0.5, 0.6) is 5.75 Å². The molecule has 1 saturated heterocycles. The molecule has 2 aromatic rings. The van der Waals surface area contributed by atoms with Gasteiger partial charge >= 0.3 is 0 Å². The Kier molecular flexibility index (Phi) is 7.41. The molecule has 0 aromatic heterocycles. The maximum Gasteiger partial charge on any atom is 0.243 e. The van der Waals surface area contributed by atoms with Gasteiger partial charge in [0.05, 0.1) is 17.9 Å². The van der Waals surface area contributed by atoms with Crippen LogP contribution in [0.3, 0.4) is 0 Å². The van der Waals surface area contributed by atoms with E-state index in [0.717, 1.165) is 19.6 Å². The monoisotopic (exact) mass is 435 g/mol. The fourth-order valence-corrected chi connectivity index (χ4v) is 4.58. The smallest absolute Gasteiger partial charge is 0.243 e. The molecule has 0 spiro atoms. The van der Waals surface area contributed by atoms with Gasteiger partial charge in [0, 0.05) is 31.9 Å². The Bertz CT molecular complexity index is 941. The number of carbonyl (C=O) groups is 1. The number of nitrogens with one attached hydrogen (secondary N) is 1. The van der Waals surface area contributed by atoms with Crippen molar-refractivity contribution >= 4 is 21.6 Å². The Labute approximate surface area is 176 Å². The molecule has 1 fully saturated rings. The molecule has 0 saturated carbocycles. The first-order valence-corrected chi connectivity index (χ1v) is 11.3. The number of carbonyl (C=O) groups excluding carboxylic acids is 1. The predicted octanol–water partition coefficient (Wildman–Crippen LogP) is 2.56. The van der Waals surface area contributed by atoms with Crippen molar-refractivity contribution in [3.8, 4) is 5.75 Å². The van der Waals surface area contributed by atoms with Crippen molar-refractivity contribution in [2.45, 2.75) is 18.2 Å². The van der Waals surface area contributed by atoms with Crippen LogP contribution in [0.2, 0.25) is 0 Å². The Balaban J connectivity index is 1.50. The zero-order valence-electron chi connectivity index (χ0n) is 16.9. The minimum atomic E-state index is -3.54. The number of nitrogens with zero attached hydrogens (tertiary/aromatic N) is 2. The van der Waals surface area contributed by atoms with E-state index in [1.807, 2.05) is 0 Å². The van der Waals surface area contributed by atoms with Gasteiger partial charge in [0.15, 0.2) is 0 Å². The highest BCUT2D eigenvalue weighted by Crippen LogP contribution is 2.20. The summed E-state index contributed by atoms with van der Waals surface area (Å²) in [5, 5.41) is 2.71. The van der Waals surface area contributed by atoms with E-state index in [4.69, 9.17) is 4.74 Å². The van der Waals surface area contributed by atoms with Gasteiger partial charge in [0.25, 0.3) is 0 Å². The number of benzene rings is 2. The second-order valence-electron chi connectivity index (χ2n) is 6.96. The van der Waals surface area contributed by atoms with Gasteiger partial charge in [-0.25, -0.2) is 12.8 Å². The molecule has 7 nitrogen and oxygen atoms in total. The van der Waals surface area contributed by atoms with Crippen molar-refractivity contribution in [2.24, 2.45) is 0 Å². The van der Waals surface area contributed by atoms with Gasteiger partial charge in [0.1, 0.15) is 11.6 Å². The summed E-state index contributed by atoms with van der Waals surface area (Å²) < 4.78 is 45.3. The van der Waals surface area contributed by atoms with Gasteiger partial charge in [0.2, 0.25) is 15.9 Å². The number of halogens is 1. The zero-order chi connectivity index (χ0) is 21.6. The minimum absolute atomic E-state index is 0.110. The summed E-state index contributed by atoms with van der Waals surface area (Å²) in [6.07, 6.45) is 0.110. The van der Waals surface area contributed by atoms with E-state index in [1.54, 1.807) is 12.1 Å². The van der Waals surface area contributed by atoms with E-state index >= 15 is 0 Å². The first-order chi connectivity index (χ1) is 14.4. The standard InChI is InChI=1S/C21H26FN3O4S/c1-2-24-12-14-25(15-13-24)30(27,28)20-9-5-18(6-10-20)23-21(26)11-16-29-19-7-3-17(22)4-8-19/h3-10H,2,11-16H2,1H3,(H,23,26). The molecule has 0 atom stereocenters. The normalized spacial score (nSPS) is 15.7. The van der Waals surface area contributed by atoms with Gasteiger partial charge in [-0.3, -0.25) is 4.79 Å². The van der Waals surface area contributed by atoms with Crippen LogP contribution < -0.4 is 10.1 Å². The number of hydrogen-bond acceptors (Lipinski definition) is 5. The summed E-state index contributed by atoms with van der Waals surface area (Å²) in [6.45, 7) is 5.52. The average Bonchev–Trinajstić information content (AvgIpc) is 2.75. The molecule has 9 heteroatoms. The molecule has 1 amide bonds. The van der Waals surface area contributed by atoms with Crippen LogP contribution in [-0.4, -0.2) is 62.9 Å². The van der Waals surface area contributed by atoms with Crippen molar-refractivity contribution < 1.29 is 22.3 Å². The highest BCUT2D eigenvalue weighted by molar-refractivity contribution is 7.89. The Morgan fingerprint density at radius 1 is 1.03 bits per heavy atom. The molecular formula is C21H26FN3O4S. The van der Waals surface area contributed by atoms with E-state index in [0.29, 0.717) is 24.5 Å². The van der Waals surface area contributed by atoms with E-state index in [1.165, 1.54) is 40.7 Å². The van der Waals surface area contributed by atoms with E-state index in [-0.39, 0.29) is 29.6 Å². The van der Waals surface area contributed by atoms with E-state index < -0.39 is 10.0 Å². The fraction of sp³-hybridized carbons (Fsp3) is 0.381. The lowest BCUT2D eigenvalue weighted by Gasteiger charge is -2.33. The second-order valence-corrected chi connectivity index (χ2v) is 8.90. The van der Waals surface area contributed by atoms with Crippen LogP contribution in [0.4, 0.5) is 10.1 Å². The van der Waals surface area contributed by atoms with Gasteiger partial charge in [-0.05, 0) is 55.1 Å². The molecule has 3 rings (SSSR count). The minimum Gasteiger partial charge on any atom is -0.493 e. The SMILES string of the molecule is CCN1CCN(S(=O)(=O)c2ccc(NC(=O)CCOc3ccc(F)cc3)cc2)CC1. The number of rotatable bonds is 8. The summed E-state index contributed by atoms with van der Waals surface area (Å²) in [5.74, 6) is -0.129. The summed E-state index contributed by atoms with van der Waals surface area (Å²) >= 11 is 0. The van der Waals surface area contributed by atoms with Crippen LogP contribution in [0.25, 0.3) is 0 Å². The first-order valence-electron chi connectivity index (χ1n) is 9.89. The van der Waals surface area contributed by atoms with E-state index in [9.17, 15) is 17.6 Å². The highest BCUT2D eigenvalue weighted by atomic mass is 32.2. The summed E-state index contributed by atoms with van der Waals surface area (Å²) in [4.78, 5) is 14.5. The topological polar surface area (TPSA) is 79.0 Å². The largest absolute Gasteiger partial charge is 0.493 e. The number of hydrogen-bond donors (Lipinski definition) is 1. The molecule has 1 N–H and O–H groups in total. The number of piperazine rings is 1. The number of sulfonamides is 1. The van der Waals surface area contributed by atoms with Crippen LogP contribution in [0.15, 0.2) is 53.4 Å². The molecule has 0 bridgehead atoms. The van der Waals surface area contributed by atoms with Crippen molar-refractivity contribution in [1.82, 2.24) is 9.21 Å². The third kappa shape index (κ3) is 5.78. The van der Waals surface area contributed by atoms with Gasteiger partial charge in [-0.1, -0.05) is 6.92 Å². The maximum absolute atomic E-state index is 12.9. The Hall–Kier alpha value is -2.49. The quantitative estimate of drug-likeness (QED) is 0.690. The average molecular weight is 436 g/mol. The summed E-state index contributed by atoms with van der Waals surface area (Å²) in [6, 6.07) is 11.7. The second kappa shape index (κ2) is 10.0. The predicted molar refractivity (Wildman–Crippen MR) is 112 cm³/mol. The molecule has 0 radical (unpaired) electrons. The summed E-state index contributed by atoms with van der Waals surface area (Å²) in [5.41, 5.74) is 0.511. The molecule has 1 heterocycles. The van der Waals surface area contributed by atoms with Crippen LogP contribution >= 0.6 is 0 Å². The van der Waals surface area contributed by atoms with Crippen molar-refractivity contribution in [3.63, 3.8) is 0 Å². The number of ether oxygens (including phenoxy) is 1. The maximum atomic E-state index is 12.9. The molecular weight excluding hydrogens is 409 g/mol. The number of likely N-dealkylation sites (N-methyl/N-ethyl adjacent to an activating group) is 1. The molecule has 1 aliphatic heterocycles. The molecule has 0 unspecified atom stereocenters. The van der Waals surface area contributed by atoms with Gasteiger partial charge < -0.3 is 15.0 Å². The van der Waals surface area contributed by atoms with Gasteiger partial charge in [-0.15, -0.1) is 0 Å². The van der Waals surface area contributed by atoms with Crippen molar-refractivity contribution in [3.05, 3.63) is 54.3 Å². The molecule has 0 aliphatic carbocycles. The van der Waals surface area contributed by atoms with Crippen molar-refractivity contribution in [1.29, 1.82) is 0 Å². The first kappa shape index (κ1) is 22.2. The number of amides is 1. The van der Waals surface area contributed by atoms with Gasteiger partial charge in [-0.2, -0.15) is 4.31 Å². The van der Waals surface area contributed by atoms with Crippen LogP contribution in [0.1, 0.15) is 13.3 Å². The fourth-order valence-electron chi connectivity index (χ4n) is 3.16. The zero-order valence-corrected chi connectivity index (χ0v) is 17.7.